The minimum atomic E-state index is 0.00842. The Labute approximate surface area is 123 Å². The van der Waals surface area contributed by atoms with Gasteiger partial charge in [0.05, 0.1) is 12.0 Å². The van der Waals surface area contributed by atoms with Crippen molar-refractivity contribution in [2.45, 2.75) is 20.3 Å². The van der Waals surface area contributed by atoms with Gasteiger partial charge in [0.2, 0.25) is 0 Å². The Hall–Kier alpha value is -1.81. The highest BCUT2D eigenvalue weighted by atomic mass is 32.1. The molecule has 1 N–H and O–H groups in total. The quantitative estimate of drug-likeness (QED) is 0.916. The van der Waals surface area contributed by atoms with Crippen LogP contribution in [-0.2, 0) is 6.42 Å². The summed E-state index contributed by atoms with van der Waals surface area (Å²) in [4.78, 5) is 14.0. The number of thiophene rings is 1. The summed E-state index contributed by atoms with van der Waals surface area (Å²) in [5.74, 6) is 0.854. The van der Waals surface area contributed by atoms with Crippen molar-refractivity contribution in [1.29, 1.82) is 0 Å². The van der Waals surface area contributed by atoms with E-state index in [0.29, 0.717) is 6.54 Å². The van der Waals surface area contributed by atoms with E-state index in [1.807, 2.05) is 44.2 Å². The third kappa shape index (κ3) is 3.61. The van der Waals surface area contributed by atoms with Crippen molar-refractivity contribution in [2.24, 2.45) is 0 Å². The standard InChI is InChI=1S/C16H19NO2S/c1-11-9-15(20-12(11)2)16(18)17-8-7-13-5-4-6-14(10-13)19-3/h4-6,9-10H,7-8H2,1-3H3,(H,17,18). The van der Waals surface area contributed by atoms with Crippen LogP contribution in [0.15, 0.2) is 30.3 Å². The van der Waals surface area contributed by atoms with Gasteiger partial charge in [-0.3, -0.25) is 4.79 Å². The summed E-state index contributed by atoms with van der Waals surface area (Å²) < 4.78 is 5.18. The van der Waals surface area contributed by atoms with Crippen LogP contribution in [0.3, 0.4) is 0 Å². The van der Waals surface area contributed by atoms with Gasteiger partial charge in [-0.2, -0.15) is 0 Å². The van der Waals surface area contributed by atoms with Gasteiger partial charge in [-0.15, -0.1) is 11.3 Å². The summed E-state index contributed by atoms with van der Waals surface area (Å²) in [5, 5.41) is 2.96. The van der Waals surface area contributed by atoms with Gasteiger partial charge in [-0.25, -0.2) is 0 Å². The second-order valence-corrected chi connectivity index (χ2v) is 5.96. The van der Waals surface area contributed by atoms with E-state index >= 15 is 0 Å². The second-order valence-electron chi connectivity index (χ2n) is 4.71. The van der Waals surface area contributed by atoms with Crippen LogP contribution < -0.4 is 10.1 Å². The zero-order valence-electron chi connectivity index (χ0n) is 12.0. The van der Waals surface area contributed by atoms with E-state index in [-0.39, 0.29) is 5.91 Å². The Bertz CT molecular complexity index is 585. The van der Waals surface area contributed by atoms with Gasteiger partial charge in [0, 0.05) is 11.4 Å². The second kappa shape index (κ2) is 6.57. The van der Waals surface area contributed by atoms with E-state index in [9.17, 15) is 4.79 Å². The van der Waals surface area contributed by atoms with Crippen molar-refractivity contribution in [3.63, 3.8) is 0 Å². The molecular formula is C16H19NO2S. The molecule has 0 unspecified atom stereocenters. The maximum absolute atomic E-state index is 12.0. The molecule has 0 aliphatic carbocycles. The van der Waals surface area contributed by atoms with Gasteiger partial charge in [-0.1, -0.05) is 12.1 Å². The van der Waals surface area contributed by atoms with E-state index in [1.54, 1.807) is 18.4 Å². The molecule has 0 fully saturated rings. The average molecular weight is 289 g/mol. The molecule has 0 aliphatic heterocycles. The molecule has 20 heavy (non-hydrogen) atoms. The maximum Gasteiger partial charge on any atom is 0.261 e. The number of rotatable bonds is 5. The molecule has 106 valence electrons. The molecule has 0 bridgehead atoms. The maximum atomic E-state index is 12.0. The van der Waals surface area contributed by atoms with Gasteiger partial charge in [0.15, 0.2) is 0 Å². The highest BCUT2D eigenvalue weighted by Gasteiger charge is 2.09. The Morgan fingerprint density at radius 2 is 2.10 bits per heavy atom. The molecule has 1 amide bonds. The highest BCUT2D eigenvalue weighted by Crippen LogP contribution is 2.20. The molecule has 0 saturated heterocycles. The van der Waals surface area contributed by atoms with E-state index in [0.717, 1.165) is 22.6 Å². The SMILES string of the molecule is COc1cccc(CCNC(=O)c2cc(C)c(C)s2)c1. The molecule has 0 spiro atoms. The number of methoxy groups -OCH3 is 1. The number of amides is 1. The summed E-state index contributed by atoms with van der Waals surface area (Å²) in [6.07, 6.45) is 0.798. The third-order valence-electron chi connectivity index (χ3n) is 3.22. The predicted octanol–water partition coefficient (Wildman–Crippen LogP) is 3.35. The van der Waals surface area contributed by atoms with Gasteiger partial charge in [0.1, 0.15) is 5.75 Å². The fourth-order valence-corrected chi connectivity index (χ4v) is 2.87. The summed E-state index contributed by atoms with van der Waals surface area (Å²) in [5.41, 5.74) is 2.33. The topological polar surface area (TPSA) is 38.3 Å². The van der Waals surface area contributed by atoms with Crippen LogP contribution >= 0.6 is 11.3 Å². The highest BCUT2D eigenvalue weighted by molar-refractivity contribution is 7.14. The van der Waals surface area contributed by atoms with Crippen LogP contribution in [0.25, 0.3) is 0 Å². The van der Waals surface area contributed by atoms with E-state index in [4.69, 9.17) is 4.74 Å². The third-order valence-corrected chi connectivity index (χ3v) is 4.37. The number of nitrogens with one attached hydrogen (secondary N) is 1. The Balaban J connectivity index is 1.87. The van der Waals surface area contributed by atoms with E-state index < -0.39 is 0 Å². The Morgan fingerprint density at radius 1 is 1.30 bits per heavy atom. The fourth-order valence-electron chi connectivity index (χ4n) is 1.92. The molecule has 3 nitrogen and oxygen atoms in total. The summed E-state index contributed by atoms with van der Waals surface area (Å²) in [7, 11) is 1.66. The lowest BCUT2D eigenvalue weighted by Gasteiger charge is -2.05. The van der Waals surface area contributed by atoms with Crippen molar-refractivity contribution in [2.75, 3.05) is 13.7 Å². The lowest BCUT2D eigenvalue weighted by Crippen LogP contribution is -2.24. The number of carbonyl (C=O) groups excluding carboxylic acids is 1. The van der Waals surface area contributed by atoms with Gasteiger partial charge in [0.25, 0.3) is 5.91 Å². The zero-order chi connectivity index (χ0) is 14.5. The molecule has 1 heterocycles. The smallest absolute Gasteiger partial charge is 0.261 e. The molecule has 2 aromatic rings. The normalized spacial score (nSPS) is 10.3. The minimum Gasteiger partial charge on any atom is -0.497 e. The Kier molecular flexibility index (Phi) is 4.79. The number of benzene rings is 1. The van der Waals surface area contributed by atoms with Crippen LogP contribution in [-0.4, -0.2) is 19.6 Å². The van der Waals surface area contributed by atoms with Crippen LogP contribution in [0.5, 0.6) is 5.75 Å². The molecule has 1 aromatic heterocycles. The first-order valence-corrected chi connectivity index (χ1v) is 7.40. The monoisotopic (exact) mass is 289 g/mol. The molecule has 0 aliphatic rings. The molecule has 0 atom stereocenters. The number of hydrogen-bond acceptors (Lipinski definition) is 3. The lowest BCUT2D eigenvalue weighted by molar-refractivity contribution is 0.0958. The van der Waals surface area contributed by atoms with E-state index in [2.05, 4.69) is 5.32 Å². The first-order valence-electron chi connectivity index (χ1n) is 6.58. The number of aryl methyl sites for hydroxylation is 2. The number of hydrogen-bond donors (Lipinski definition) is 1. The number of carbonyl (C=O) groups is 1. The van der Waals surface area contributed by atoms with Crippen molar-refractivity contribution in [3.05, 3.63) is 51.2 Å². The first kappa shape index (κ1) is 14.6. The van der Waals surface area contributed by atoms with Gasteiger partial charge >= 0.3 is 0 Å². The summed E-state index contributed by atoms with van der Waals surface area (Å²) in [6, 6.07) is 9.85. The lowest BCUT2D eigenvalue weighted by atomic mass is 10.1. The largest absolute Gasteiger partial charge is 0.497 e. The van der Waals surface area contributed by atoms with Gasteiger partial charge < -0.3 is 10.1 Å². The molecule has 1 aromatic carbocycles. The Morgan fingerprint density at radius 3 is 2.75 bits per heavy atom. The molecule has 2 rings (SSSR count). The van der Waals surface area contributed by atoms with Crippen molar-refractivity contribution < 1.29 is 9.53 Å². The van der Waals surface area contributed by atoms with Crippen LogP contribution in [0.2, 0.25) is 0 Å². The molecule has 4 heteroatoms. The molecule has 0 radical (unpaired) electrons. The van der Waals surface area contributed by atoms with Crippen molar-refractivity contribution >= 4 is 17.2 Å². The molecule has 0 saturated carbocycles. The van der Waals surface area contributed by atoms with Crippen LogP contribution in [0.1, 0.15) is 25.7 Å². The van der Waals surface area contributed by atoms with E-state index in [1.165, 1.54) is 10.4 Å². The molecular weight excluding hydrogens is 270 g/mol. The van der Waals surface area contributed by atoms with Crippen molar-refractivity contribution in [1.82, 2.24) is 5.32 Å². The summed E-state index contributed by atoms with van der Waals surface area (Å²) in [6.45, 7) is 4.69. The van der Waals surface area contributed by atoms with Gasteiger partial charge in [-0.05, 0) is 49.6 Å². The van der Waals surface area contributed by atoms with Crippen LogP contribution in [0.4, 0.5) is 0 Å². The van der Waals surface area contributed by atoms with Crippen LogP contribution in [0, 0.1) is 13.8 Å². The zero-order valence-corrected chi connectivity index (χ0v) is 12.8. The van der Waals surface area contributed by atoms with Crippen molar-refractivity contribution in [3.8, 4) is 5.75 Å². The fraction of sp³-hybridized carbons (Fsp3) is 0.312. The minimum absolute atomic E-state index is 0.00842. The first-order chi connectivity index (χ1) is 9.60. The number of ether oxygens (including phenoxy) is 1. The predicted molar refractivity (Wildman–Crippen MR) is 82.8 cm³/mol. The summed E-state index contributed by atoms with van der Waals surface area (Å²) >= 11 is 1.54. The average Bonchev–Trinajstić information content (AvgIpc) is 2.79.